The molecule has 0 spiro atoms. The summed E-state index contributed by atoms with van der Waals surface area (Å²) < 4.78 is 5.41. The molecule has 2 rings (SSSR count). The highest BCUT2D eigenvalue weighted by molar-refractivity contribution is 5.94. The SMILES string of the molecule is COc1ccccc1C1C[C@H]1C(=O)N[C@H](C(=O)C(C)(C)C)C(C)(C)C. The maximum atomic E-state index is 12.8. The molecule has 1 aliphatic rings. The van der Waals surface area contributed by atoms with E-state index in [9.17, 15) is 9.59 Å². The van der Waals surface area contributed by atoms with Gasteiger partial charge in [0, 0.05) is 11.3 Å². The molecule has 1 aromatic rings. The van der Waals surface area contributed by atoms with Crippen LogP contribution in [-0.2, 0) is 9.59 Å². The predicted molar refractivity (Wildman–Crippen MR) is 99.7 cm³/mol. The van der Waals surface area contributed by atoms with Gasteiger partial charge in [0.05, 0.1) is 13.2 Å². The zero-order chi connectivity index (χ0) is 19.0. The van der Waals surface area contributed by atoms with Crippen LogP contribution >= 0.6 is 0 Å². The minimum absolute atomic E-state index is 0.0339. The Labute approximate surface area is 151 Å². The van der Waals surface area contributed by atoms with Crippen LogP contribution in [0.2, 0.25) is 0 Å². The van der Waals surface area contributed by atoms with Crippen LogP contribution in [0.5, 0.6) is 5.75 Å². The summed E-state index contributed by atoms with van der Waals surface area (Å²) in [6.07, 6.45) is 0.798. The number of ketones is 1. The smallest absolute Gasteiger partial charge is 0.224 e. The van der Waals surface area contributed by atoms with Crippen LogP contribution in [0.15, 0.2) is 24.3 Å². The molecule has 1 saturated carbocycles. The summed E-state index contributed by atoms with van der Waals surface area (Å²) in [5, 5.41) is 3.03. The van der Waals surface area contributed by atoms with E-state index >= 15 is 0 Å². The van der Waals surface area contributed by atoms with Crippen molar-refractivity contribution in [3.63, 3.8) is 0 Å². The first-order chi connectivity index (χ1) is 11.5. The number of para-hydroxylation sites is 1. The third kappa shape index (κ3) is 4.42. The van der Waals surface area contributed by atoms with Crippen LogP contribution in [0, 0.1) is 16.7 Å². The molecule has 1 aromatic carbocycles. The summed E-state index contributed by atoms with van der Waals surface area (Å²) in [7, 11) is 1.65. The van der Waals surface area contributed by atoms with E-state index in [0.29, 0.717) is 0 Å². The largest absolute Gasteiger partial charge is 0.496 e. The Morgan fingerprint density at radius 1 is 1.12 bits per heavy atom. The minimum Gasteiger partial charge on any atom is -0.496 e. The van der Waals surface area contributed by atoms with Gasteiger partial charge in [-0.25, -0.2) is 0 Å². The molecule has 0 aromatic heterocycles. The van der Waals surface area contributed by atoms with Gasteiger partial charge in [0.15, 0.2) is 5.78 Å². The van der Waals surface area contributed by atoms with Crippen LogP contribution in [0.4, 0.5) is 0 Å². The van der Waals surface area contributed by atoms with E-state index in [1.54, 1.807) is 7.11 Å². The van der Waals surface area contributed by atoms with Gasteiger partial charge in [-0.05, 0) is 29.4 Å². The summed E-state index contributed by atoms with van der Waals surface area (Å²) in [6, 6.07) is 7.34. The van der Waals surface area contributed by atoms with Crippen LogP contribution in [0.25, 0.3) is 0 Å². The zero-order valence-corrected chi connectivity index (χ0v) is 16.5. The normalized spacial score (nSPS) is 21.4. The molecule has 25 heavy (non-hydrogen) atoms. The molecule has 0 heterocycles. The Kier molecular flexibility index (Phi) is 5.31. The number of rotatable bonds is 5. The molecule has 0 radical (unpaired) electrons. The molecule has 0 bridgehead atoms. The van der Waals surface area contributed by atoms with Crippen molar-refractivity contribution >= 4 is 11.7 Å². The monoisotopic (exact) mass is 345 g/mol. The standard InChI is InChI=1S/C21H31NO3/c1-20(2,3)17(18(23)21(4,5)6)22-19(24)15-12-14(15)13-10-8-9-11-16(13)25-7/h8-11,14-15,17H,12H2,1-7H3,(H,22,24)/t14?,15-,17-/m1/s1. The van der Waals surface area contributed by atoms with Crippen molar-refractivity contribution in [3.05, 3.63) is 29.8 Å². The van der Waals surface area contributed by atoms with Crippen molar-refractivity contribution in [1.82, 2.24) is 5.32 Å². The van der Waals surface area contributed by atoms with Gasteiger partial charge < -0.3 is 10.1 Å². The predicted octanol–water partition coefficient (Wildman–Crippen LogP) is 3.94. The number of hydrogen-bond donors (Lipinski definition) is 1. The lowest BCUT2D eigenvalue weighted by atomic mass is 9.75. The molecule has 3 atom stereocenters. The average molecular weight is 345 g/mol. The zero-order valence-electron chi connectivity index (χ0n) is 16.5. The minimum atomic E-state index is -0.489. The maximum absolute atomic E-state index is 12.8. The topological polar surface area (TPSA) is 55.4 Å². The first-order valence-electron chi connectivity index (χ1n) is 8.94. The number of carbonyl (C=O) groups excluding carboxylic acids is 2. The van der Waals surface area contributed by atoms with Crippen LogP contribution in [-0.4, -0.2) is 24.8 Å². The molecule has 1 fully saturated rings. The van der Waals surface area contributed by atoms with Gasteiger partial charge in [0.25, 0.3) is 0 Å². The van der Waals surface area contributed by atoms with Crippen molar-refractivity contribution in [3.8, 4) is 5.75 Å². The molecule has 0 aliphatic heterocycles. The fourth-order valence-corrected chi connectivity index (χ4v) is 3.16. The molecule has 4 heteroatoms. The van der Waals surface area contributed by atoms with Crippen LogP contribution in [0.3, 0.4) is 0 Å². The number of nitrogens with one attached hydrogen (secondary N) is 1. The highest BCUT2D eigenvalue weighted by atomic mass is 16.5. The molecule has 0 saturated heterocycles. The van der Waals surface area contributed by atoms with Gasteiger partial charge in [-0.3, -0.25) is 9.59 Å². The number of ether oxygens (including phenoxy) is 1. The Balaban J connectivity index is 2.12. The van der Waals surface area contributed by atoms with Crippen molar-refractivity contribution in [2.45, 2.75) is 59.9 Å². The maximum Gasteiger partial charge on any atom is 0.224 e. The van der Waals surface area contributed by atoms with E-state index < -0.39 is 11.5 Å². The highest BCUT2D eigenvalue weighted by Gasteiger charge is 2.47. The van der Waals surface area contributed by atoms with Gasteiger partial charge in [-0.1, -0.05) is 59.7 Å². The van der Waals surface area contributed by atoms with Crippen molar-refractivity contribution in [2.24, 2.45) is 16.7 Å². The third-order valence-corrected chi connectivity index (χ3v) is 4.82. The number of hydrogen-bond acceptors (Lipinski definition) is 3. The van der Waals surface area contributed by atoms with Gasteiger partial charge in [0.2, 0.25) is 5.91 Å². The van der Waals surface area contributed by atoms with Crippen molar-refractivity contribution in [2.75, 3.05) is 7.11 Å². The summed E-state index contributed by atoms with van der Waals surface area (Å²) in [5.41, 5.74) is 0.255. The van der Waals surface area contributed by atoms with E-state index in [-0.39, 0.29) is 28.9 Å². The first-order valence-corrected chi connectivity index (χ1v) is 8.94. The molecule has 1 aliphatic carbocycles. The molecule has 138 valence electrons. The lowest BCUT2D eigenvalue weighted by molar-refractivity contribution is -0.135. The van der Waals surface area contributed by atoms with E-state index in [1.165, 1.54) is 0 Å². The second kappa shape index (κ2) is 6.81. The fraction of sp³-hybridized carbons (Fsp3) is 0.619. The second-order valence-corrected chi connectivity index (χ2v) is 9.11. The summed E-state index contributed by atoms with van der Waals surface area (Å²) in [6.45, 7) is 11.7. The van der Waals surface area contributed by atoms with Crippen LogP contribution < -0.4 is 10.1 Å². The number of carbonyl (C=O) groups is 2. The number of methoxy groups -OCH3 is 1. The molecular formula is C21H31NO3. The van der Waals surface area contributed by atoms with Gasteiger partial charge in [0.1, 0.15) is 5.75 Å². The summed E-state index contributed by atoms with van der Waals surface area (Å²) >= 11 is 0. The van der Waals surface area contributed by atoms with Crippen molar-refractivity contribution < 1.29 is 14.3 Å². The number of amides is 1. The van der Waals surface area contributed by atoms with E-state index in [0.717, 1.165) is 17.7 Å². The lowest BCUT2D eigenvalue weighted by Gasteiger charge is -2.34. The lowest BCUT2D eigenvalue weighted by Crippen LogP contribution is -2.53. The van der Waals surface area contributed by atoms with E-state index in [1.807, 2.05) is 65.8 Å². The quantitative estimate of drug-likeness (QED) is 0.879. The molecule has 1 N–H and O–H groups in total. The first kappa shape index (κ1) is 19.5. The fourth-order valence-electron chi connectivity index (χ4n) is 3.16. The van der Waals surface area contributed by atoms with E-state index in [4.69, 9.17) is 4.74 Å². The van der Waals surface area contributed by atoms with Gasteiger partial charge in [-0.2, -0.15) is 0 Å². The van der Waals surface area contributed by atoms with E-state index in [2.05, 4.69) is 5.32 Å². The number of benzene rings is 1. The van der Waals surface area contributed by atoms with Crippen molar-refractivity contribution in [1.29, 1.82) is 0 Å². The molecular weight excluding hydrogens is 314 g/mol. The molecule has 4 nitrogen and oxygen atoms in total. The molecule has 1 amide bonds. The highest BCUT2D eigenvalue weighted by Crippen LogP contribution is 2.50. The second-order valence-electron chi connectivity index (χ2n) is 9.11. The Morgan fingerprint density at radius 2 is 1.72 bits per heavy atom. The third-order valence-electron chi connectivity index (χ3n) is 4.82. The Morgan fingerprint density at radius 3 is 2.24 bits per heavy atom. The average Bonchev–Trinajstić information content (AvgIpc) is 3.30. The molecule has 1 unspecified atom stereocenters. The van der Waals surface area contributed by atoms with Crippen LogP contribution in [0.1, 0.15) is 59.4 Å². The number of Topliss-reactive ketones (excluding diaryl/α,β-unsaturated/α-hetero) is 1. The summed E-state index contributed by atoms with van der Waals surface area (Å²) in [4.78, 5) is 25.6. The Hall–Kier alpha value is -1.84. The van der Waals surface area contributed by atoms with Gasteiger partial charge in [-0.15, -0.1) is 0 Å². The summed E-state index contributed by atoms with van der Waals surface area (Å²) in [5.74, 6) is 0.938. The van der Waals surface area contributed by atoms with Gasteiger partial charge >= 0.3 is 0 Å². The Bertz CT molecular complexity index is 652.